The van der Waals surface area contributed by atoms with E-state index in [-0.39, 0.29) is 55.6 Å². The second-order valence-electron chi connectivity index (χ2n) is 12.3. The Labute approximate surface area is 323 Å². The summed E-state index contributed by atoms with van der Waals surface area (Å²) in [7, 11) is 7.10. The number of halogens is 3. The zero-order valence-corrected chi connectivity index (χ0v) is 32.6. The Morgan fingerprint density at radius 3 is 2.38 bits per heavy atom. The van der Waals surface area contributed by atoms with Gasteiger partial charge in [-0.3, -0.25) is 9.59 Å². The van der Waals surface area contributed by atoms with Gasteiger partial charge in [-0.05, 0) is 81.3 Å². The van der Waals surface area contributed by atoms with Crippen molar-refractivity contribution < 1.29 is 23.9 Å². The molecule has 0 saturated carbocycles. The first kappa shape index (κ1) is 43.9. The number of imidazole rings is 1. The van der Waals surface area contributed by atoms with Crippen LogP contribution in [0.25, 0.3) is 11.0 Å². The van der Waals surface area contributed by atoms with Crippen LogP contribution in [0.1, 0.15) is 51.4 Å². The lowest BCUT2D eigenvalue weighted by molar-refractivity contribution is 0.0990. The van der Waals surface area contributed by atoms with Crippen LogP contribution in [-0.2, 0) is 18.4 Å². The Morgan fingerprint density at radius 2 is 1.71 bits per heavy atom. The van der Waals surface area contributed by atoms with E-state index >= 15 is 0 Å². The fraction of sp³-hybridized carbons (Fsp3) is 0.378. The van der Waals surface area contributed by atoms with E-state index in [2.05, 4.69) is 33.1 Å². The third-order valence-corrected chi connectivity index (χ3v) is 8.96. The standard InChI is InChI=1S/C37H45N7O5.3ClH/c1-25-12-15-31(33(21-25)49-20-7-6-9-27(24-45)44-18-16-41(2)17-19-44)42(3)37(47)26-13-14-29(32(22-26)48-5)40-36(46)28-10-8-11-30-35(28)43(4)34(23-38)39-30;;;/h8,10-15,21-22H,6-7,9,16-20,23,38H2,1-5H3,(H,40,46);3*1H. The number of fused-ring (bicyclic) bond motifs is 1. The number of ether oxygens (including phenoxy) is 2. The minimum Gasteiger partial charge on any atom is -0.495 e. The number of hydrogen-bond acceptors (Lipinski definition) is 9. The molecule has 0 spiro atoms. The number of para-hydroxylation sites is 1. The zero-order chi connectivity index (χ0) is 35.1. The van der Waals surface area contributed by atoms with Crippen molar-refractivity contribution in [3.05, 3.63) is 82.8 Å². The second-order valence-corrected chi connectivity index (χ2v) is 12.3. The highest BCUT2D eigenvalue weighted by molar-refractivity contribution is 6.13. The number of amides is 2. The highest BCUT2D eigenvalue weighted by Gasteiger charge is 2.22. The molecule has 12 nitrogen and oxygen atoms in total. The number of carbonyl (C=O) groups excluding carboxylic acids is 3. The summed E-state index contributed by atoms with van der Waals surface area (Å²) in [5.41, 5.74) is 10.8. The first-order valence-electron chi connectivity index (χ1n) is 16.5. The van der Waals surface area contributed by atoms with Gasteiger partial charge in [0, 0.05) is 45.8 Å². The molecule has 2 amide bonds. The molecule has 282 valence electrons. The molecule has 3 aromatic carbocycles. The number of allylic oxidation sites excluding steroid dienone is 1. The number of anilines is 2. The maximum atomic E-state index is 13.7. The molecule has 1 aliphatic rings. The summed E-state index contributed by atoms with van der Waals surface area (Å²) in [5.74, 6) is 3.14. The number of likely N-dealkylation sites (N-methyl/N-ethyl adjacent to an activating group) is 1. The molecular formula is C37H48Cl3N7O5. The van der Waals surface area contributed by atoms with Gasteiger partial charge in [-0.25, -0.2) is 9.78 Å². The molecule has 0 bridgehead atoms. The molecule has 5 rings (SSSR count). The fourth-order valence-electron chi connectivity index (χ4n) is 6.04. The largest absolute Gasteiger partial charge is 0.495 e. The lowest BCUT2D eigenvalue weighted by Gasteiger charge is -2.34. The number of aryl methyl sites for hydroxylation is 2. The van der Waals surface area contributed by atoms with Crippen LogP contribution in [0.15, 0.2) is 60.3 Å². The maximum absolute atomic E-state index is 13.7. The highest BCUT2D eigenvalue weighted by atomic mass is 35.5. The molecule has 52 heavy (non-hydrogen) atoms. The summed E-state index contributed by atoms with van der Waals surface area (Å²) >= 11 is 0. The minimum atomic E-state index is -0.342. The predicted molar refractivity (Wildman–Crippen MR) is 213 cm³/mol. The summed E-state index contributed by atoms with van der Waals surface area (Å²) in [5, 5.41) is 2.92. The van der Waals surface area contributed by atoms with Crippen LogP contribution in [0.3, 0.4) is 0 Å². The van der Waals surface area contributed by atoms with Crippen LogP contribution in [0.4, 0.5) is 11.4 Å². The number of methoxy groups -OCH3 is 1. The SMILES string of the molecule is COc1cc(C(=O)N(C)c2ccc(C)cc2OCCCCC(=C=O)N2CCN(C)CC2)ccc1NC(=O)c1cccc2nc(CN)n(C)c12.Cl.Cl.Cl. The molecule has 1 fully saturated rings. The molecule has 2 heterocycles. The summed E-state index contributed by atoms with van der Waals surface area (Å²) in [6.45, 7) is 6.21. The Hall–Kier alpha value is -4.29. The molecule has 3 N–H and O–H groups in total. The minimum absolute atomic E-state index is 0. The predicted octanol–water partition coefficient (Wildman–Crippen LogP) is 5.66. The van der Waals surface area contributed by atoms with E-state index in [1.54, 1.807) is 42.3 Å². The van der Waals surface area contributed by atoms with Gasteiger partial charge in [-0.15, -0.1) is 37.2 Å². The third-order valence-electron chi connectivity index (χ3n) is 8.96. The zero-order valence-electron chi connectivity index (χ0n) is 30.1. The van der Waals surface area contributed by atoms with Gasteiger partial charge in [0.25, 0.3) is 11.8 Å². The van der Waals surface area contributed by atoms with Gasteiger partial charge in [0.15, 0.2) is 0 Å². The van der Waals surface area contributed by atoms with Gasteiger partial charge >= 0.3 is 0 Å². The first-order valence-corrected chi connectivity index (χ1v) is 16.5. The molecule has 0 aliphatic carbocycles. The summed E-state index contributed by atoms with van der Waals surface area (Å²) in [6, 6.07) is 16.0. The van der Waals surface area contributed by atoms with Crippen LogP contribution in [-0.4, -0.2) is 91.1 Å². The van der Waals surface area contributed by atoms with Crippen LogP contribution < -0.4 is 25.4 Å². The van der Waals surface area contributed by atoms with Crippen molar-refractivity contribution in [2.24, 2.45) is 12.8 Å². The van der Waals surface area contributed by atoms with Gasteiger partial charge in [0.05, 0.1) is 53.9 Å². The molecule has 0 unspecified atom stereocenters. The summed E-state index contributed by atoms with van der Waals surface area (Å²) < 4.78 is 13.6. The van der Waals surface area contributed by atoms with E-state index < -0.39 is 0 Å². The topological polar surface area (TPSA) is 135 Å². The van der Waals surface area contributed by atoms with Crippen molar-refractivity contribution in [2.45, 2.75) is 32.7 Å². The van der Waals surface area contributed by atoms with E-state index in [0.29, 0.717) is 63.9 Å². The number of rotatable bonds is 13. The molecular weight excluding hydrogens is 729 g/mol. The molecule has 0 atom stereocenters. The summed E-state index contributed by atoms with van der Waals surface area (Å²) in [4.78, 5) is 49.2. The van der Waals surface area contributed by atoms with Gasteiger partial charge in [0.1, 0.15) is 23.3 Å². The Kier molecular flexibility index (Phi) is 16.9. The van der Waals surface area contributed by atoms with Gasteiger partial charge < -0.3 is 39.8 Å². The van der Waals surface area contributed by atoms with Crippen LogP contribution in [0.2, 0.25) is 0 Å². The van der Waals surface area contributed by atoms with Crippen molar-refractivity contribution in [1.82, 2.24) is 19.4 Å². The van der Waals surface area contributed by atoms with Crippen molar-refractivity contribution in [3.63, 3.8) is 0 Å². The number of unbranched alkanes of at least 4 members (excludes halogenated alkanes) is 1. The van der Waals surface area contributed by atoms with Crippen LogP contribution in [0.5, 0.6) is 11.5 Å². The number of nitrogens with two attached hydrogens (primary N) is 1. The number of benzene rings is 3. The van der Waals surface area contributed by atoms with E-state index in [0.717, 1.165) is 50.3 Å². The van der Waals surface area contributed by atoms with Gasteiger partial charge in [0.2, 0.25) is 0 Å². The second kappa shape index (κ2) is 20.1. The van der Waals surface area contributed by atoms with Crippen LogP contribution in [0, 0.1) is 6.92 Å². The number of carbonyl (C=O) groups is 2. The molecule has 1 saturated heterocycles. The first-order chi connectivity index (χ1) is 23.6. The van der Waals surface area contributed by atoms with Gasteiger partial charge in [-0.1, -0.05) is 12.1 Å². The number of nitrogens with zero attached hydrogens (tertiary/aromatic N) is 5. The fourth-order valence-corrected chi connectivity index (χ4v) is 6.04. The van der Waals surface area contributed by atoms with Crippen LogP contribution >= 0.6 is 37.2 Å². The quantitative estimate of drug-likeness (QED) is 0.130. The molecule has 0 radical (unpaired) electrons. The average Bonchev–Trinajstić information content (AvgIpc) is 3.45. The number of hydrogen-bond donors (Lipinski definition) is 2. The Morgan fingerprint density at radius 1 is 0.981 bits per heavy atom. The van der Waals surface area contributed by atoms with E-state index in [4.69, 9.17) is 15.2 Å². The third kappa shape index (κ3) is 9.97. The van der Waals surface area contributed by atoms with Crippen molar-refractivity contribution in [3.8, 4) is 11.5 Å². The molecule has 1 aliphatic heterocycles. The van der Waals surface area contributed by atoms with Crippen molar-refractivity contribution in [1.29, 1.82) is 0 Å². The smallest absolute Gasteiger partial charge is 0.258 e. The van der Waals surface area contributed by atoms with E-state index in [1.165, 1.54) is 7.11 Å². The molecule has 1 aromatic heterocycles. The number of aromatic nitrogens is 2. The Bertz CT molecular complexity index is 1890. The molecule has 4 aromatic rings. The maximum Gasteiger partial charge on any atom is 0.258 e. The summed E-state index contributed by atoms with van der Waals surface area (Å²) in [6.07, 6.45) is 2.20. The van der Waals surface area contributed by atoms with Crippen molar-refractivity contribution in [2.75, 3.05) is 64.2 Å². The van der Waals surface area contributed by atoms with Crippen molar-refractivity contribution >= 4 is 77.4 Å². The molecule has 15 heteroatoms. The van der Waals surface area contributed by atoms with E-state index in [1.807, 2.05) is 42.8 Å². The van der Waals surface area contributed by atoms with Gasteiger partial charge in [-0.2, -0.15) is 0 Å². The normalized spacial score (nSPS) is 12.5. The highest BCUT2D eigenvalue weighted by Crippen LogP contribution is 2.32. The Balaban J connectivity index is 0.00000312. The number of piperazine rings is 1. The van der Waals surface area contributed by atoms with E-state index in [9.17, 15) is 14.4 Å². The number of nitrogens with one attached hydrogen (secondary N) is 1. The average molecular weight is 777 g/mol. The lowest BCUT2D eigenvalue weighted by atomic mass is 10.1. The lowest BCUT2D eigenvalue weighted by Crippen LogP contribution is -2.44. The monoisotopic (exact) mass is 775 g/mol.